The standard InChI is InChI=1S/C16H18BrNO2/c1-10(18)11-5-4-6-12(9-11)13-7-8-14(19-2)15(17)16(13)20-3/h4-10H,18H2,1-3H3. The molecular formula is C16H18BrNO2. The second kappa shape index (κ2) is 6.29. The molecule has 0 fully saturated rings. The van der Waals surface area contributed by atoms with Gasteiger partial charge in [0, 0.05) is 11.6 Å². The lowest BCUT2D eigenvalue weighted by molar-refractivity contribution is 0.390. The van der Waals surface area contributed by atoms with Crippen molar-refractivity contribution < 1.29 is 9.47 Å². The molecule has 106 valence electrons. The molecule has 2 N–H and O–H groups in total. The van der Waals surface area contributed by atoms with E-state index in [1.54, 1.807) is 14.2 Å². The van der Waals surface area contributed by atoms with Gasteiger partial charge < -0.3 is 15.2 Å². The fourth-order valence-electron chi connectivity index (χ4n) is 2.11. The number of methoxy groups -OCH3 is 2. The van der Waals surface area contributed by atoms with E-state index in [0.717, 1.165) is 32.7 Å². The Balaban J connectivity index is 2.58. The Morgan fingerprint density at radius 3 is 2.45 bits per heavy atom. The molecule has 0 bridgehead atoms. The lowest BCUT2D eigenvalue weighted by Gasteiger charge is -2.15. The third-order valence-electron chi connectivity index (χ3n) is 3.21. The Bertz CT molecular complexity index is 611. The zero-order valence-electron chi connectivity index (χ0n) is 11.8. The predicted molar refractivity (Wildman–Crippen MR) is 85.3 cm³/mol. The summed E-state index contributed by atoms with van der Waals surface area (Å²) in [6.45, 7) is 1.97. The number of halogens is 1. The van der Waals surface area contributed by atoms with Gasteiger partial charge in [-0.15, -0.1) is 0 Å². The summed E-state index contributed by atoms with van der Waals surface area (Å²) in [5, 5.41) is 0. The Morgan fingerprint density at radius 2 is 1.85 bits per heavy atom. The van der Waals surface area contributed by atoms with Gasteiger partial charge in [-0.3, -0.25) is 0 Å². The van der Waals surface area contributed by atoms with Crippen LogP contribution in [0.1, 0.15) is 18.5 Å². The predicted octanol–water partition coefficient (Wildman–Crippen LogP) is 4.15. The molecule has 2 aromatic carbocycles. The molecule has 0 aromatic heterocycles. The van der Waals surface area contributed by atoms with Crippen LogP contribution in [0.15, 0.2) is 40.9 Å². The highest BCUT2D eigenvalue weighted by Crippen LogP contribution is 2.42. The largest absolute Gasteiger partial charge is 0.495 e. The van der Waals surface area contributed by atoms with E-state index in [2.05, 4.69) is 22.0 Å². The molecule has 0 spiro atoms. The number of rotatable bonds is 4. The van der Waals surface area contributed by atoms with Crippen LogP contribution in [0.3, 0.4) is 0 Å². The molecular weight excluding hydrogens is 318 g/mol. The SMILES string of the molecule is COc1ccc(-c2cccc(C(C)N)c2)c(OC)c1Br. The maximum absolute atomic E-state index is 5.95. The van der Waals surface area contributed by atoms with E-state index in [0.29, 0.717) is 0 Å². The van der Waals surface area contributed by atoms with Gasteiger partial charge in [0.15, 0.2) is 0 Å². The first-order valence-corrected chi connectivity index (χ1v) is 7.14. The summed E-state index contributed by atoms with van der Waals surface area (Å²) in [5.41, 5.74) is 9.11. The van der Waals surface area contributed by atoms with Crippen molar-refractivity contribution in [1.29, 1.82) is 0 Å². The summed E-state index contributed by atoms with van der Waals surface area (Å²) >= 11 is 3.52. The van der Waals surface area contributed by atoms with Crippen LogP contribution in [0.2, 0.25) is 0 Å². The summed E-state index contributed by atoms with van der Waals surface area (Å²) in [5.74, 6) is 1.50. The molecule has 0 aliphatic heterocycles. The third kappa shape index (κ3) is 2.81. The number of benzene rings is 2. The van der Waals surface area contributed by atoms with Crippen molar-refractivity contribution in [2.75, 3.05) is 14.2 Å². The van der Waals surface area contributed by atoms with Gasteiger partial charge in [-0.25, -0.2) is 0 Å². The van der Waals surface area contributed by atoms with Gasteiger partial charge in [-0.05, 0) is 52.2 Å². The molecule has 0 radical (unpaired) electrons. The minimum Gasteiger partial charge on any atom is -0.495 e. The maximum atomic E-state index is 5.95. The average molecular weight is 336 g/mol. The number of hydrogen-bond donors (Lipinski definition) is 1. The normalized spacial score (nSPS) is 12.1. The van der Waals surface area contributed by atoms with Gasteiger partial charge >= 0.3 is 0 Å². The first kappa shape index (κ1) is 14.9. The molecule has 1 unspecified atom stereocenters. The molecule has 20 heavy (non-hydrogen) atoms. The van der Waals surface area contributed by atoms with Gasteiger partial charge in [-0.2, -0.15) is 0 Å². The second-order valence-electron chi connectivity index (χ2n) is 4.58. The van der Waals surface area contributed by atoms with E-state index in [1.165, 1.54) is 0 Å². The van der Waals surface area contributed by atoms with Crippen molar-refractivity contribution in [3.8, 4) is 22.6 Å². The average Bonchev–Trinajstić information content (AvgIpc) is 2.47. The molecule has 0 aliphatic carbocycles. The smallest absolute Gasteiger partial charge is 0.144 e. The van der Waals surface area contributed by atoms with Crippen LogP contribution < -0.4 is 15.2 Å². The Morgan fingerprint density at radius 1 is 1.10 bits per heavy atom. The molecule has 0 saturated heterocycles. The first-order valence-electron chi connectivity index (χ1n) is 6.35. The van der Waals surface area contributed by atoms with Gasteiger partial charge in [0.05, 0.1) is 14.2 Å². The fourth-order valence-corrected chi connectivity index (χ4v) is 2.78. The topological polar surface area (TPSA) is 44.5 Å². The van der Waals surface area contributed by atoms with Crippen molar-refractivity contribution in [3.63, 3.8) is 0 Å². The van der Waals surface area contributed by atoms with Crippen LogP contribution in [0.4, 0.5) is 0 Å². The highest BCUT2D eigenvalue weighted by atomic mass is 79.9. The van der Waals surface area contributed by atoms with Gasteiger partial charge in [0.1, 0.15) is 16.0 Å². The van der Waals surface area contributed by atoms with Crippen molar-refractivity contribution >= 4 is 15.9 Å². The number of hydrogen-bond acceptors (Lipinski definition) is 3. The van der Waals surface area contributed by atoms with Gasteiger partial charge in [-0.1, -0.05) is 18.2 Å². The molecule has 0 heterocycles. The van der Waals surface area contributed by atoms with Crippen LogP contribution >= 0.6 is 15.9 Å². The zero-order chi connectivity index (χ0) is 14.7. The minimum atomic E-state index is 0.00244. The van der Waals surface area contributed by atoms with E-state index in [9.17, 15) is 0 Å². The Hall–Kier alpha value is -1.52. The molecule has 2 aromatic rings. The minimum absolute atomic E-state index is 0.00244. The van der Waals surface area contributed by atoms with Crippen LogP contribution in [0.5, 0.6) is 11.5 Å². The molecule has 1 atom stereocenters. The lowest BCUT2D eigenvalue weighted by Crippen LogP contribution is -2.04. The highest BCUT2D eigenvalue weighted by Gasteiger charge is 2.14. The maximum Gasteiger partial charge on any atom is 0.144 e. The summed E-state index contributed by atoms with van der Waals surface area (Å²) in [4.78, 5) is 0. The van der Waals surface area contributed by atoms with E-state index in [-0.39, 0.29) is 6.04 Å². The monoisotopic (exact) mass is 335 g/mol. The van der Waals surface area contributed by atoms with Gasteiger partial charge in [0.25, 0.3) is 0 Å². The fraction of sp³-hybridized carbons (Fsp3) is 0.250. The van der Waals surface area contributed by atoms with Crippen molar-refractivity contribution in [1.82, 2.24) is 0 Å². The van der Waals surface area contributed by atoms with Crippen LogP contribution in [-0.4, -0.2) is 14.2 Å². The summed E-state index contributed by atoms with van der Waals surface area (Å²) in [7, 11) is 3.29. The molecule has 2 rings (SSSR count). The number of nitrogens with two attached hydrogens (primary N) is 1. The summed E-state index contributed by atoms with van der Waals surface area (Å²) in [6, 6.07) is 12.1. The van der Waals surface area contributed by atoms with Crippen LogP contribution in [-0.2, 0) is 0 Å². The van der Waals surface area contributed by atoms with E-state index < -0.39 is 0 Å². The van der Waals surface area contributed by atoms with E-state index in [1.807, 2.05) is 37.3 Å². The third-order valence-corrected chi connectivity index (χ3v) is 3.96. The van der Waals surface area contributed by atoms with Gasteiger partial charge in [0.2, 0.25) is 0 Å². The van der Waals surface area contributed by atoms with Crippen molar-refractivity contribution in [2.24, 2.45) is 5.73 Å². The summed E-state index contributed by atoms with van der Waals surface area (Å²) < 4.78 is 11.6. The van der Waals surface area contributed by atoms with Crippen molar-refractivity contribution in [2.45, 2.75) is 13.0 Å². The molecule has 0 aliphatic rings. The van der Waals surface area contributed by atoms with Crippen LogP contribution in [0, 0.1) is 0 Å². The Labute approximate surface area is 127 Å². The molecule has 0 amide bonds. The second-order valence-corrected chi connectivity index (χ2v) is 5.37. The first-order chi connectivity index (χ1) is 9.58. The lowest BCUT2D eigenvalue weighted by atomic mass is 9.99. The quantitative estimate of drug-likeness (QED) is 0.912. The van der Waals surface area contributed by atoms with E-state index in [4.69, 9.17) is 15.2 Å². The number of ether oxygens (including phenoxy) is 2. The van der Waals surface area contributed by atoms with Crippen LogP contribution in [0.25, 0.3) is 11.1 Å². The Kier molecular flexibility index (Phi) is 4.68. The molecule has 0 saturated carbocycles. The zero-order valence-corrected chi connectivity index (χ0v) is 13.4. The highest BCUT2D eigenvalue weighted by molar-refractivity contribution is 9.10. The molecule has 4 heteroatoms. The molecule has 3 nitrogen and oxygen atoms in total. The summed E-state index contributed by atoms with van der Waals surface area (Å²) in [6.07, 6.45) is 0. The van der Waals surface area contributed by atoms with Crippen molar-refractivity contribution in [3.05, 3.63) is 46.4 Å². The van der Waals surface area contributed by atoms with E-state index >= 15 is 0 Å².